The number of pyridine rings is 1. The predicted octanol–water partition coefficient (Wildman–Crippen LogP) is 1.64. The summed E-state index contributed by atoms with van der Waals surface area (Å²) in [6.45, 7) is 0.503. The number of aryl methyl sites for hydroxylation is 1. The minimum atomic E-state index is -4.36. The normalized spacial score (nSPS) is 12.2. The molecule has 0 aliphatic carbocycles. The van der Waals surface area contributed by atoms with Gasteiger partial charge in [0, 0.05) is 12.6 Å². The van der Waals surface area contributed by atoms with Gasteiger partial charge in [-0.3, -0.25) is 0 Å². The van der Waals surface area contributed by atoms with Gasteiger partial charge in [0.1, 0.15) is 0 Å². The number of nitrogens with zero attached hydrogens (tertiary/aromatic N) is 3. The molecule has 0 unspecified atom stereocenters. The van der Waals surface area contributed by atoms with Crippen molar-refractivity contribution in [3.63, 3.8) is 0 Å². The molecule has 0 saturated heterocycles. The molecule has 2 rings (SSSR count). The van der Waals surface area contributed by atoms with E-state index in [1.165, 1.54) is 10.7 Å². The Kier molecular flexibility index (Phi) is 3.01. The molecule has 0 radical (unpaired) electrons. The van der Waals surface area contributed by atoms with E-state index in [1.54, 1.807) is 0 Å². The first-order chi connectivity index (χ1) is 8.00. The molecule has 0 aromatic carbocycles. The topological polar surface area (TPSA) is 56.2 Å². The third kappa shape index (κ3) is 2.55. The highest BCUT2D eigenvalue weighted by Gasteiger charge is 2.30. The zero-order chi connectivity index (χ0) is 12.5. The third-order valence-corrected chi connectivity index (χ3v) is 2.31. The Morgan fingerprint density at radius 1 is 1.35 bits per heavy atom. The second kappa shape index (κ2) is 4.33. The van der Waals surface area contributed by atoms with Gasteiger partial charge >= 0.3 is 6.18 Å². The molecule has 0 saturated carbocycles. The fourth-order valence-electron chi connectivity index (χ4n) is 1.47. The van der Waals surface area contributed by atoms with Gasteiger partial charge in [-0.25, -0.2) is 9.50 Å². The van der Waals surface area contributed by atoms with Crippen LogP contribution < -0.4 is 5.73 Å². The van der Waals surface area contributed by atoms with Crippen molar-refractivity contribution in [3.8, 4) is 0 Å². The van der Waals surface area contributed by atoms with E-state index in [9.17, 15) is 13.2 Å². The summed E-state index contributed by atoms with van der Waals surface area (Å²) in [5.74, 6) is 0.509. The van der Waals surface area contributed by atoms with Gasteiger partial charge in [-0.1, -0.05) is 0 Å². The van der Waals surface area contributed by atoms with Crippen molar-refractivity contribution in [2.75, 3.05) is 6.54 Å². The van der Waals surface area contributed by atoms with E-state index in [2.05, 4.69) is 10.1 Å². The molecule has 0 atom stereocenters. The number of alkyl halides is 3. The first kappa shape index (κ1) is 11.8. The van der Waals surface area contributed by atoms with Crippen molar-refractivity contribution in [3.05, 3.63) is 29.7 Å². The molecule has 2 aromatic heterocycles. The van der Waals surface area contributed by atoms with E-state index >= 15 is 0 Å². The van der Waals surface area contributed by atoms with Crippen LogP contribution in [0.15, 0.2) is 18.3 Å². The monoisotopic (exact) mass is 244 g/mol. The molecular formula is C10H11F3N4. The molecule has 7 heteroatoms. The van der Waals surface area contributed by atoms with Crippen molar-refractivity contribution in [2.24, 2.45) is 5.73 Å². The van der Waals surface area contributed by atoms with E-state index in [0.29, 0.717) is 25.2 Å². The Balaban J connectivity index is 2.34. The van der Waals surface area contributed by atoms with Crippen molar-refractivity contribution < 1.29 is 13.2 Å². The van der Waals surface area contributed by atoms with Crippen LogP contribution in [0.4, 0.5) is 13.2 Å². The molecule has 0 aliphatic rings. The molecule has 0 fully saturated rings. The number of halogens is 3. The van der Waals surface area contributed by atoms with E-state index in [0.717, 1.165) is 12.1 Å². The number of aromatic nitrogens is 3. The van der Waals surface area contributed by atoms with E-state index in [1.807, 2.05) is 0 Å². The predicted molar refractivity (Wildman–Crippen MR) is 55.4 cm³/mol. The van der Waals surface area contributed by atoms with Crippen molar-refractivity contribution in [1.82, 2.24) is 14.6 Å². The van der Waals surface area contributed by atoms with Crippen LogP contribution in [0.25, 0.3) is 5.65 Å². The van der Waals surface area contributed by atoms with Crippen LogP contribution in [-0.2, 0) is 12.6 Å². The SMILES string of the molecule is NCCCc1nc2cc(C(F)(F)F)ccn2n1. The van der Waals surface area contributed by atoms with E-state index < -0.39 is 11.7 Å². The lowest BCUT2D eigenvalue weighted by molar-refractivity contribution is -0.137. The smallest absolute Gasteiger partial charge is 0.330 e. The van der Waals surface area contributed by atoms with Crippen molar-refractivity contribution >= 4 is 5.65 Å². The highest BCUT2D eigenvalue weighted by Crippen LogP contribution is 2.29. The minimum Gasteiger partial charge on any atom is -0.330 e. The summed E-state index contributed by atoms with van der Waals surface area (Å²) in [4.78, 5) is 4.02. The number of fused-ring (bicyclic) bond motifs is 1. The number of hydrogen-bond acceptors (Lipinski definition) is 3. The van der Waals surface area contributed by atoms with Gasteiger partial charge in [0.25, 0.3) is 0 Å². The maximum absolute atomic E-state index is 12.5. The molecule has 2 N–H and O–H groups in total. The Hall–Kier alpha value is -1.63. The zero-order valence-electron chi connectivity index (χ0n) is 8.91. The maximum Gasteiger partial charge on any atom is 0.416 e. The average Bonchev–Trinajstić information content (AvgIpc) is 2.66. The van der Waals surface area contributed by atoms with Crippen molar-refractivity contribution in [1.29, 1.82) is 0 Å². The van der Waals surface area contributed by atoms with Gasteiger partial charge in [-0.2, -0.15) is 18.3 Å². The summed E-state index contributed by atoms with van der Waals surface area (Å²) in [7, 11) is 0. The molecule has 0 amide bonds. The summed E-state index contributed by atoms with van der Waals surface area (Å²) in [5, 5.41) is 4.06. The maximum atomic E-state index is 12.5. The second-order valence-corrected chi connectivity index (χ2v) is 3.64. The highest BCUT2D eigenvalue weighted by atomic mass is 19.4. The number of rotatable bonds is 3. The quantitative estimate of drug-likeness (QED) is 0.892. The molecule has 0 aliphatic heterocycles. The van der Waals surface area contributed by atoms with Gasteiger partial charge in [-0.15, -0.1) is 0 Å². The first-order valence-electron chi connectivity index (χ1n) is 5.13. The van der Waals surface area contributed by atoms with Crippen LogP contribution in [0, 0.1) is 0 Å². The van der Waals surface area contributed by atoms with Crippen LogP contribution in [0.5, 0.6) is 0 Å². The summed E-state index contributed by atoms with van der Waals surface area (Å²) >= 11 is 0. The third-order valence-electron chi connectivity index (χ3n) is 2.31. The first-order valence-corrected chi connectivity index (χ1v) is 5.13. The fourth-order valence-corrected chi connectivity index (χ4v) is 1.47. The Morgan fingerprint density at radius 3 is 2.76 bits per heavy atom. The van der Waals surface area contributed by atoms with Gasteiger partial charge in [0.05, 0.1) is 5.56 Å². The van der Waals surface area contributed by atoms with E-state index in [4.69, 9.17) is 5.73 Å². The minimum absolute atomic E-state index is 0.201. The largest absolute Gasteiger partial charge is 0.416 e. The Bertz CT molecular complexity index is 518. The number of nitrogens with two attached hydrogens (primary N) is 1. The number of hydrogen-bond donors (Lipinski definition) is 1. The van der Waals surface area contributed by atoms with Gasteiger partial charge < -0.3 is 5.73 Å². The van der Waals surface area contributed by atoms with Crippen LogP contribution in [0.1, 0.15) is 17.8 Å². The van der Waals surface area contributed by atoms with E-state index in [-0.39, 0.29) is 5.65 Å². The molecule has 17 heavy (non-hydrogen) atoms. The van der Waals surface area contributed by atoms with Gasteiger partial charge in [-0.05, 0) is 25.1 Å². The Morgan fingerprint density at radius 2 is 2.12 bits per heavy atom. The van der Waals surface area contributed by atoms with Crippen molar-refractivity contribution in [2.45, 2.75) is 19.0 Å². The summed E-state index contributed by atoms with van der Waals surface area (Å²) in [6.07, 6.45) is -1.81. The lowest BCUT2D eigenvalue weighted by Crippen LogP contribution is -2.05. The molecule has 92 valence electrons. The molecule has 2 aromatic rings. The highest BCUT2D eigenvalue weighted by molar-refractivity contribution is 5.41. The lowest BCUT2D eigenvalue weighted by Gasteiger charge is -2.05. The molecule has 0 bridgehead atoms. The summed E-state index contributed by atoms with van der Waals surface area (Å²) < 4.78 is 38.7. The second-order valence-electron chi connectivity index (χ2n) is 3.64. The fraction of sp³-hybridized carbons (Fsp3) is 0.400. The average molecular weight is 244 g/mol. The van der Waals surface area contributed by atoms with Crippen LogP contribution in [0.2, 0.25) is 0 Å². The van der Waals surface area contributed by atoms with Gasteiger partial charge in [0.2, 0.25) is 0 Å². The molecule has 2 heterocycles. The van der Waals surface area contributed by atoms with Crippen LogP contribution in [-0.4, -0.2) is 21.1 Å². The molecule has 0 spiro atoms. The molecular weight excluding hydrogens is 233 g/mol. The summed E-state index contributed by atoms with van der Waals surface area (Å²) in [5.41, 5.74) is 4.82. The zero-order valence-corrected chi connectivity index (χ0v) is 8.91. The Labute approximate surface area is 95.3 Å². The standard InChI is InChI=1S/C10H11F3N4/c11-10(12,13)7-3-5-17-9(6-7)15-8(16-17)2-1-4-14/h3,5-6H,1-2,4,14H2. The molecule has 4 nitrogen and oxygen atoms in total. The summed E-state index contributed by atoms with van der Waals surface area (Å²) in [6, 6.07) is 1.97. The lowest BCUT2D eigenvalue weighted by atomic mass is 10.2. The van der Waals surface area contributed by atoms with Gasteiger partial charge in [0.15, 0.2) is 11.5 Å². The van der Waals surface area contributed by atoms with Crippen LogP contribution >= 0.6 is 0 Å². The van der Waals surface area contributed by atoms with Crippen LogP contribution in [0.3, 0.4) is 0 Å².